The van der Waals surface area contributed by atoms with Crippen LogP contribution in [0.4, 0.5) is 4.79 Å². The molecule has 13 heavy (non-hydrogen) atoms. The van der Waals surface area contributed by atoms with Gasteiger partial charge in [-0.05, 0) is 0 Å². The normalized spacial score (nSPS) is 13.5. The predicted octanol–water partition coefficient (Wildman–Crippen LogP) is -0.160. The number of carboxylic acids is 1. The molecule has 0 rings (SSSR count). The van der Waals surface area contributed by atoms with Crippen molar-refractivity contribution in [1.82, 2.24) is 0 Å². The van der Waals surface area contributed by atoms with Gasteiger partial charge in [-0.3, -0.25) is 0 Å². The number of carboxylic acid groups (broad SMARTS) is 2. The molecule has 2 N–H and O–H groups in total. The highest BCUT2D eigenvalue weighted by molar-refractivity contribution is 5.75. The molecule has 0 aliphatic carbocycles. The number of rotatable bonds is 4. The largest absolute Gasteiger partial charge is 0.506 e. The van der Waals surface area contributed by atoms with Crippen LogP contribution in [-0.2, 0) is 9.53 Å². The van der Waals surface area contributed by atoms with Gasteiger partial charge < -0.3 is 19.4 Å². The quantitative estimate of drug-likeness (QED) is 0.477. The second-order valence-corrected chi connectivity index (χ2v) is 3.68. The van der Waals surface area contributed by atoms with Crippen LogP contribution in [0.3, 0.4) is 0 Å². The first-order chi connectivity index (χ1) is 5.72. The summed E-state index contributed by atoms with van der Waals surface area (Å²) < 4.78 is 4.51. The molecule has 1 atom stereocenters. The SMILES string of the molecule is C[N+](C)(C)CC(OC(=O)O)C(=O)O. The van der Waals surface area contributed by atoms with Crippen LogP contribution in [0.5, 0.6) is 0 Å². The van der Waals surface area contributed by atoms with Gasteiger partial charge >= 0.3 is 12.1 Å². The Labute approximate surface area is 75.9 Å². The maximum absolute atomic E-state index is 10.5. The molecule has 76 valence electrons. The Morgan fingerprint density at radius 1 is 1.31 bits per heavy atom. The molecular weight excluding hydrogens is 178 g/mol. The summed E-state index contributed by atoms with van der Waals surface area (Å²) in [4.78, 5) is 20.6. The van der Waals surface area contributed by atoms with E-state index in [1.807, 2.05) is 0 Å². The van der Waals surface area contributed by atoms with E-state index >= 15 is 0 Å². The average Bonchev–Trinajstić information content (AvgIpc) is 1.81. The lowest BCUT2D eigenvalue weighted by Crippen LogP contribution is -2.46. The third-order valence-corrected chi connectivity index (χ3v) is 1.23. The molecule has 6 heteroatoms. The molecule has 0 heterocycles. The van der Waals surface area contributed by atoms with Gasteiger partial charge in [-0.1, -0.05) is 0 Å². The van der Waals surface area contributed by atoms with Gasteiger partial charge in [0.15, 0.2) is 0 Å². The monoisotopic (exact) mass is 192 g/mol. The highest BCUT2D eigenvalue weighted by Crippen LogP contribution is 2.00. The molecular formula is C7H14NO5+. The average molecular weight is 192 g/mol. The van der Waals surface area contributed by atoms with E-state index in [1.165, 1.54) is 0 Å². The van der Waals surface area contributed by atoms with E-state index in [0.717, 1.165) is 0 Å². The molecule has 0 aromatic carbocycles. The summed E-state index contributed by atoms with van der Waals surface area (Å²) in [5.74, 6) is -1.27. The Hall–Kier alpha value is -1.30. The summed E-state index contributed by atoms with van der Waals surface area (Å²) in [5, 5.41) is 16.8. The number of quaternary nitrogens is 1. The standard InChI is InChI=1S/C7H13NO5/c1-8(2,3)4-5(6(9)10)13-7(11)12/h5H,4H2,1-3H3,(H-,9,10,11,12)/p+1. The molecule has 0 saturated heterocycles. The van der Waals surface area contributed by atoms with Gasteiger partial charge in [-0.15, -0.1) is 0 Å². The first kappa shape index (κ1) is 11.7. The van der Waals surface area contributed by atoms with Gasteiger partial charge in [0.05, 0.1) is 21.1 Å². The Morgan fingerprint density at radius 3 is 2.00 bits per heavy atom. The van der Waals surface area contributed by atoms with Gasteiger partial charge in [0, 0.05) is 0 Å². The van der Waals surface area contributed by atoms with Crippen molar-refractivity contribution < 1.29 is 29.0 Å². The fraction of sp³-hybridized carbons (Fsp3) is 0.714. The van der Waals surface area contributed by atoms with E-state index in [9.17, 15) is 9.59 Å². The van der Waals surface area contributed by atoms with Gasteiger partial charge in [-0.2, -0.15) is 0 Å². The molecule has 0 saturated carbocycles. The van der Waals surface area contributed by atoms with Crippen molar-refractivity contribution >= 4 is 12.1 Å². The Morgan fingerprint density at radius 2 is 1.77 bits per heavy atom. The highest BCUT2D eigenvalue weighted by Gasteiger charge is 2.28. The lowest BCUT2D eigenvalue weighted by molar-refractivity contribution is -0.872. The van der Waals surface area contributed by atoms with Crippen LogP contribution >= 0.6 is 0 Å². The number of nitrogens with zero attached hydrogens (tertiary/aromatic N) is 1. The molecule has 6 nitrogen and oxygen atoms in total. The molecule has 0 spiro atoms. The second kappa shape index (κ2) is 4.08. The Bertz CT molecular complexity index is 207. The van der Waals surface area contributed by atoms with Crippen molar-refractivity contribution in [3.05, 3.63) is 0 Å². The predicted molar refractivity (Wildman–Crippen MR) is 43.4 cm³/mol. The van der Waals surface area contributed by atoms with E-state index in [-0.39, 0.29) is 6.54 Å². The number of aliphatic carboxylic acids is 1. The molecule has 0 aliphatic heterocycles. The van der Waals surface area contributed by atoms with Crippen LogP contribution in [-0.4, -0.2) is 60.6 Å². The minimum absolute atomic E-state index is 0.0988. The fourth-order valence-corrected chi connectivity index (χ4v) is 0.785. The summed E-state index contributed by atoms with van der Waals surface area (Å²) in [5.41, 5.74) is 0. The first-order valence-electron chi connectivity index (χ1n) is 3.65. The maximum Gasteiger partial charge on any atom is 0.506 e. The minimum Gasteiger partial charge on any atom is -0.478 e. The third-order valence-electron chi connectivity index (χ3n) is 1.23. The number of ether oxygens (including phenoxy) is 1. The van der Waals surface area contributed by atoms with Crippen LogP contribution in [0.2, 0.25) is 0 Å². The Balaban J connectivity index is 4.27. The summed E-state index contributed by atoms with van der Waals surface area (Å²) >= 11 is 0. The van der Waals surface area contributed by atoms with Gasteiger partial charge in [0.1, 0.15) is 6.54 Å². The van der Waals surface area contributed by atoms with Crippen molar-refractivity contribution in [3.8, 4) is 0 Å². The van der Waals surface area contributed by atoms with Gasteiger partial charge in [0.2, 0.25) is 6.10 Å². The number of hydrogen-bond donors (Lipinski definition) is 2. The smallest absolute Gasteiger partial charge is 0.478 e. The van der Waals surface area contributed by atoms with Crippen molar-refractivity contribution in [2.45, 2.75) is 6.10 Å². The van der Waals surface area contributed by atoms with Gasteiger partial charge in [0.25, 0.3) is 0 Å². The number of hydrogen-bond acceptors (Lipinski definition) is 3. The van der Waals surface area contributed by atoms with Crippen LogP contribution < -0.4 is 0 Å². The van der Waals surface area contributed by atoms with E-state index in [1.54, 1.807) is 21.1 Å². The third kappa shape index (κ3) is 5.92. The number of likely N-dealkylation sites (N-methyl/N-ethyl adjacent to an activating group) is 1. The topological polar surface area (TPSA) is 83.8 Å². The van der Waals surface area contributed by atoms with Crippen molar-refractivity contribution in [1.29, 1.82) is 0 Å². The highest BCUT2D eigenvalue weighted by atomic mass is 16.7. The zero-order valence-electron chi connectivity index (χ0n) is 7.85. The molecule has 0 aliphatic rings. The molecule has 0 bridgehead atoms. The molecule has 0 aromatic heterocycles. The molecule has 0 aromatic rings. The van der Waals surface area contributed by atoms with E-state index in [4.69, 9.17) is 10.2 Å². The summed E-state index contributed by atoms with van der Waals surface area (Å²) in [6.45, 7) is 0.0988. The Kier molecular flexibility index (Phi) is 3.68. The van der Waals surface area contributed by atoms with E-state index in [2.05, 4.69) is 4.74 Å². The fourth-order valence-electron chi connectivity index (χ4n) is 0.785. The summed E-state index contributed by atoms with van der Waals surface area (Å²) in [6.07, 6.45) is -2.88. The summed E-state index contributed by atoms with van der Waals surface area (Å²) in [6, 6.07) is 0. The van der Waals surface area contributed by atoms with Crippen LogP contribution in [0.1, 0.15) is 0 Å². The summed E-state index contributed by atoms with van der Waals surface area (Å²) in [7, 11) is 5.25. The molecule has 0 fully saturated rings. The van der Waals surface area contributed by atoms with Crippen molar-refractivity contribution in [3.63, 3.8) is 0 Å². The maximum atomic E-state index is 10.5. The first-order valence-corrected chi connectivity index (χ1v) is 3.65. The molecule has 1 unspecified atom stereocenters. The second-order valence-electron chi connectivity index (χ2n) is 3.68. The van der Waals surface area contributed by atoms with Crippen LogP contribution in [0.25, 0.3) is 0 Å². The van der Waals surface area contributed by atoms with Crippen LogP contribution in [0.15, 0.2) is 0 Å². The number of carbonyl (C=O) groups is 2. The lowest BCUT2D eigenvalue weighted by atomic mass is 10.3. The van der Waals surface area contributed by atoms with Crippen LogP contribution in [0, 0.1) is 0 Å². The molecule has 0 radical (unpaired) electrons. The lowest BCUT2D eigenvalue weighted by Gasteiger charge is -2.26. The minimum atomic E-state index is -1.57. The van der Waals surface area contributed by atoms with E-state index in [0.29, 0.717) is 4.48 Å². The van der Waals surface area contributed by atoms with Crippen molar-refractivity contribution in [2.24, 2.45) is 0 Å². The molecule has 0 amide bonds. The van der Waals surface area contributed by atoms with Crippen molar-refractivity contribution in [2.75, 3.05) is 27.7 Å². The van der Waals surface area contributed by atoms with Gasteiger partial charge in [-0.25, -0.2) is 9.59 Å². The zero-order chi connectivity index (χ0) is 10.6. The van der Waals surface area contributed by atoms with E-state index < -0.39 is 18.2 Å². The zero-order valence-corrected chi connectivity index (χ0v) is 7.85.